The molecule has 1 aliphatic carbocycles. The first-order chi connectivity index (χ1) is 16.1. The van der Waals surface area contributed by atoms with E-state index in [9.17, 15) is 14.4 Å². The van der Waals surface area contributed by atoms with Gasteiger partial charge in [0.25, 0.3) is 0 Å². The van der Waals surface area contributed by atoms with Crippen LogP contribution in [0.25, 0.3) is 0 Å². The highest BCUT2D eigenvalue weighted by molar-refractivity contribution is 5.91. The number of ether oxygens (including phenoxy) is 1. The van der Waals surface area contributed by atoms with Gasteiger partial charge in [-0.15, -0.1) is 0 Å². The van der Waals surface area contributed by atoms with Gasteiger partial charge in [-0.2, -0.15) is 0 Å². The van der Waals surface area contributed by atoms with Gasteiger partial charge in [0.05, 0.1) is 18.7 Å². The van der Waals surface area contributed by atoms with E-state index in [1.54, 1.807) is 25.8 Å². The van der Waals surface area contributed by atoms with Gasteiger partial charge in [-0.1, -0.05) is 39.2 Å². The van der Waals surface area contributed by atoms with Crippen LogP contribution in [-0.2, 0) is 19.1 Å². The molecule has 34 heavy (non-hydrogen) atoms. The van der Waals surface area contributed by atoms with Crippen LogP contribution in [0.3, 0.4) is 0 Å². The third-order valence-corrected chi connectivity index (χ3v) is 7.44. The molecule has 0 bridgehead atoms. The van der Waals surface area contributed by atoms with Crippen LogP contribution >= 0.6 is 0 Å². The van der Waals surface area contributed by atoms with Crippen LogP contribution in [0.5, 0.6) is 0 Å². The predicted molar refractivity (Wildman–Crippen MR) is 135 cm³/mol. The van der Waals surface area contributed by atoms with Gasteiger partial charge in [0.15, 0.2) is 0 Å². The summed E-state index contributed by atoms with van der Waals surface area (Å²) in [7, 11) is 1.79. The molecule has 0 spiro atoms. The fraction of sp³-hybridized carbons (Fsp3) is 0.815. The van der Waals surface area contributed by atoms with Crippen molar-refractivity contribution >= 4 is 17.8 Å². The molecule has 0 aromatic rings. The Balaban J connectivity index is 2.25. The second-order valence-corrected chi connectivity index (χ2v) is 10.6. The van der Waals surface area contributed by atoms with Crippen LogP contribution in [0.15, 0.2) is 11.6 Å². The summed E-state index contributed by atoms with van der Waals surface area (Å²) in [6, 6.07) is -0.684. The van der Waals surface area contributed by atoms with Crippen molar-refractivity contribution in [3.05, 3.63) is 11.6 Å². The molecule has 2 amide bonds. The van der Waals surface area contributed by atoms with E-state index in [1.165, 1.54) is 0 Å². The predicted octanol–water partition coefficient (Wildman–Crippen LogP) is 3.92. The molecule has 1 heterocycles. The molecule has 1 saturated heterocycles. The standard InChI is InChI=1S/C27H47N3O4/c1-8-34-27(33)20(6)17-23(18(2)3)29(7)26(32)24(21-13-9-10-14-21)28-25(31)22-15-11-12-16-30(22)19(4)5/h17-19,21-24H,8-16H2,1-7H3,(H,28,31)/t22-,23-,24+/m1/s1. The Morgan fingerprint density at radius 2 is 1.68 bits per heavy atom. The van der Waals surface area contributed by atoms with E-state index in [1.807, 2.05) is 19.9 Å². The lowest BCUT2D eigenvalue weighted by molar-refractivity contribution is -0.141. The number of amides is 2. The number of rotatable bonds is 10. The number of nitrogens with zero attached hydrogens (tertiary/aromatic N) is 2. The van der Waals surface area contributed by atoms with Crippen molar-refractivity contribution in [3.63, 3.8) is 0 Å². The van der Waals surface area contributed by atoms with Crippen LogP contribution < -0.4 is 5.32 Å². The van der Waals surface area contributed by atoms with Gasteiger partial charge in [0.1, 0.15) is 6.04 Å². The van der Waals surface area contributed by atoms with Gasteiger partial charge in [-0.3, -0.25) is 14.5 Å². The third kappa shape index (κ3) is 7.30. The maximum Gasteiger partial charge on any atom is 0.333 e. The quantitative estimate of drug-likeness (QED) is 0.381. The maximum atomic E-state index is 13.8. The van der Waals surface area contributed by atoms with Crippen LogP contribution in [0.2, 0.25) is 0 Å². The Kier molecular flexibility index (Phi) is 11.1. The average molecular weight is 478 g/mol. The molecule has 3 atom stereocenters. The third-order valence-electron chi connectivity index (χ3n) is 7.44. The lowest BCUT2D eigenvalue weighted by Gasteiger charge is -2.39. The highest BCUT2D eigenvalue weighted by atomic mass is 16.5. The van der Waals surface area contributed by atoms with Gasteiger partial charge in [-0.05, 0) is 71.8 Å². The summed E-state index contributed by atoms with van der Waals surface area (Å²) < 4.78 is 5.13. The first-order valence-electron chi connectivity index (χ1n) is 13.3. The zero-order chi connectivity index (χ0) is 25.4. The molecule has 2 rings (SSSR count). The first kappa shape index (κ1) is 28.3. The van der Waals surface area contributed by atoms with Crippen molar-refractivity contribution in [1.29, 1.82) is 0 Å². The van der Waals surface area contributed by atoms with E-state index >= 15 is 0 Å². The van der Waals surface area contributed by atoms with Gasteiger partial charge in [0, 0.05) is 18.7 Å². The SMILES string of the molecule is CCOC(=O)C(C)=C[C@H](C(C)C)N(C)C(=O)[C@@H](NC(=O)[C@H]1CCCCN1C(C)C)C1CCCC1. The number of hydrogen-bond acceptors (Lipinski definition) is 5. The molecule has 194 valence electrons. The normalized spacial score (nSPS) is 22.0. The van der Waals surface area contributed by atoms with Gasteiger partial charge < -0.3 is 15.0 Å². The zero-order valence-electron chi connectivity index (χ0n) is 22.4. The number of esters is 1. The maximum absolute atomic E-state index is 13.8. The molecule has 1 N–H and O–H groups in total. The average Bonchev–Trinajstić information content (AvgIpc) is 3.34. The smallest absolute Gasteiger partial charge is 0.333 e. The largest absolute Gasteiger partial charge is 0.463 e. The first-order valence-corrected chi connectivity index (χ1v) is 13.3. The molecule has 1 saturated carbocycles. The van der Waals surface area contributed by atoms with Crippen LogP contribution in [-0.4, -0.2) is 72.0 Å². The van der Waals surface area contributed by atoms with E-state index in [-0.39, 0.29) is 41.7 Å². The minimum atomic E-state index is -0.534. The number of likely N-dealkylation sites (N-methyl/N-ethyl adjacent to an activating group) is 1. The molecule has 1 aliphatic heterocycles. The van der Waals surface area contributed by atoms with E-state index in [0.717, 1.165) is 51.5 Å². The zero-order valence-corrected chi connectivity index (χ0v) is 22.4. The van der Waals surface area contributed by atoms with E-state index in [0.29, 0.717) is 18.2 Å². The summed E-state index contributed by atoms with van der Waals surface area (Å²) in [5.41, 5.74) is 0.497. The van der Waals surface area contributed by atoms with Crippen molar-refractivity contribution in [1.82, 2.24) is 15.1 Å². The molecular weight excluding hydrogens is 430 g/mol. The summed E-state index contributed by atoms with van der Waals surface area (Å²) in [6.45, 7) is 13.1. The number of piperidine rings is 1. The second kappa shape index (κ2) is 13.3. The van der Waals surface area contributed by atoms with Gasteiger partial charge >= 0.3 is 5.97 Å². The molecule has 0 radical (unpaired) electrons. The van der Waals surface area contributed by atoms with Crippen LogP contribution in [0, 0.1) is 11.8 Å². The highest BCUT2D eigenvalue weighted by Gasteiger charge is 2.39. The second-order valence-electron chi connectivity index (χ2n) is 10.6. The molecule has 7 nitrogen and oxygen atoms in total. The Hall–Kier alpha value is -1.89. The minimum absolute atomic E-state index is 0.0219. The molecular formula is C27H47N3O4. The Labute approximate surface area is 206 Å². The van der Waals surface area contributed by atoms with Crippen molar-refractivity contribution in [2.45, 2.75) is 111 Å². The van der Waals surface area contributed by atoms with Crippen molar-refractivity contribution in [3.8, 4) is 0 Å². The molecule has 2 fully saturated rings. The Morgan fingerprint density at radius 3 is 2.24 bits per heavy atom. The van der Waals surface area contributed by atoms with E-state index < -0.39 is 6.04 Å². The van der Waals surface area contributed by atoms with E-state index in [4.69, 9.17) is 4.74 Å². The number of carbonyl (C=O) groups is 3. The number of hydrogen-bond donors (Lipinski definition) is 1. The summed E-state index contributed by atoms with van der Waals surface area (Å²) in [4.78, 5) is 43.5. The summed E-state index contributed by atoms with van der Waals surface area (Å²) >= 11 is 0. The monoisotopic (exact) mass is 477 g/mol. The lowest BCUT2D eigenvalue weighted by atomic mass is 9.93. The van der Waals surface area contributed by atoms with Crippen molar-refractivity contribution < 1.29 is 19.1 Å². The molecule has 0 unspecified atom stereocenters. The van der Waals surface area contributed by atoms with E-state index in [2.05, 4.69) is 24.1 Å². The number of nitrogens with one attached hydrogen (secondary N) is 1. The summed E-state index contributed by atoms with van der Waals surface area (Å²) in [6.07, 6.45) is 8.89. The highest BCUT2D eigenvalue weighted by Crippen LogP contribution is 2.30. The van der Waals surface area contributed by atoms with Crippen molar-refractivity contribution in [2.75, 3.05) is 20.2 Å². The Morgan fingerprint density at radius 1 is 1.06 bits per heavy atom. The summed E-state index contributed by atoms with van der Waals surface area (Å²) in [5, 5.41) is 3.20. The minimum Gasteiger partial charge on any atom is -0.463 e. The van der Waals surface area contributed by atoms with Crippen LogP contribution in [0.1, 0.15) is 86.5 Å². The number of carbonyl (C=O) groups excluding carboxylic acids is 3. The van der Waals surface area contributed by atoms with Crippen molar-refractivity contribution in [2.24, 2.45) is 11.8 Å². The van der Waals surface area contributed by atoms with Crippen LogP contribution in [0.4, 0.5) is 0 Å². The lowest BCUT2D eigenvalue weighted by Crippen LogP contribution is -2.59. The summed E-state index contributed by atoms with van der Waals surface area (Å²) in [5.74, 6) is -0.197. The fourth-order valence-corrected chi connectivity index (χ4v) is 5.46. The molecule has 7 heteroatoms. The Bertz CT molecular complexity index is 727. The fourth-order valence-electron chi connectivity index (χ4n) is 5.46. The van der Waals surface area contributed by atoms with Gasteiger partial charge in [0.2, 0.25) is 11.8 Å². The molecule has 0 aromatic heterocycles. The topological polar surface area (TPSA) is 79.0 Å². The number of likely N-dealkylation sites (tertiary alicyclic amines) is 1. The molecule has 2 aliphatic rings. The van der Waals surface area contributed by atoms with Gasteiger partial charge in [-0.25, -0.2) is 4.79 Å². The molecule has 0 aromatic carbocycles.